The maximum absolute atomic E-state index is 10.3. The minimum Gasteiger partial charge on any atom is -0.490 e. The molecule has 27 heavy (non-hydrogen) atoms. The molecule has 1 atom stereocenters. The van der Waals surface area contributed by atoms with Crippen LogP contribution in [-0.2, 0) is 0 Å². The highest BCUT2D eigenvalue weighted by atomic mass is 16.5. The van der Waals surface area contributed by atoms with Crippen molar-refractivity contribution in [2.45, 2.75) is 20.0 Å². The van der Waals surface area contributed by atoms with E-state index < -0.39 is 6.10 Å². The highest BCUT2D eigenvalue weighted by molar-refractivity contribution is 5.84. The number of para-hydroxylation sites is 1. The first-order valence-corrected chi connectivity index (χ1v) is 9.26. The Balaban J connectivity index is 1.42. The molecule has 0 radical (unpaired) electrons. The van der Waals surface area contributed by atoms with Crippen LogP contribution in [0.2, 0.25) is 0 Å². The third kappa shape index (κ3) is 4.99. The lowest BCUT2D eigenvalue weighted by Crippen LogP contribution is -2.35. The monoisotopic (exact) mass is 368 g/mol. The fourth-order valence-electron chi connectivity index (χ4n) is 3.22. The van der Waals surface area contributed by atoms with Crippen molar-refractivity contribution in [3.63, 3.8) is 0 Å². The molecule has 1 unspecified atom stereocenters. The molecule has 1 heterocycles. The SMILES string of the molecule is Cc1cccc(C)c1NCCN(C)CC(O)COc1cccc2[nH]ncc12. The van der Waals surface area contributed by atoms with Gasteiger partial charge in [-0.05, 0) is 44.2 Å². The Labute approximate surface area is 160 Å². The summed E-state index contributed by atoms with van der Waals surface area (Å²) in [6.45, 7) is 6.68. The smallest absolute Gasteiger partial charge is 0.130 e. The van der Waals surface area contributed by atoms with Gasteiger partial charge in [0.05, 0.1) is 17.1 Å². The zero-order valence-corrected chi connectivity index (χ0v) is 16.2. The van der Waals surface area contributed by atoms with E-state index in [-0.39, 0.29) is 6.61 Å². The van der Waals surface area contributed by atoms with Crippen LogP contribution in [-0.4, -0.2) is 59.6 Å². The van der Waals surface area contributed by atoms with Gasteiger partial charge in [-0.1, -0.05) is 24.3 Å². The van der Waals surface area contributed by atoms with Gasteiger partial charge in [0.1, 0.15) is 18.5 Å². The molecule has 0 amide bonds. The number of nitrogens with zero attached hydrogens (tertiary/aromatic N) is 2. The third-order valence-corrected chi connectivity index (χ3v) is 4.67. The molecular formula is C21H28N4O2. The topological polar surface area (TPSA) is 73.4 Å². The summed E-state index contributed by atoms with van der Waals surface area (Å²) in [6, 6.07) is 12.0. The van der Waals surface area contributed by atoms with Crippen LogP contribution < -0.4 is 10.1 Å². The summed E-state index contributed by atoms with van der Waals surface area (Å²) in [5, 5.41) is 21.7. The van der Waals surface area contributed by atoms with Crippen LogP contribution in [0.1, 0.15) is 11.1 Å². The number of aromatic nitrogens is 2. The summed E-state index contributed by atoms with van der Waals surface area (Å²) >= 11 is 0. The van der Waals surface area contributed by atoms with Gasteiger partial charge in [0, 0.05) is 25.3 Å². The molecule has 144 valence electrons. The number of aliphatic hydroxyl groups is 1. The highest BCUT2D eigenvalue weighted by Crippen LogP contribution is 2.23. The Hall–Kier alpha value is -2.57. The Morgan fingerprint density at radius 3 is 2.70 bits per heavy atom. The molecule has 0 aliphatic rings. The molecule has 0 fully saturated rings. The van der Waals surface area contributed by atoms with Gasteiger partial charge in [-0.3, -0.25) is 5.10 Å². The first kappa shape index (κ1) is 19.2. The third-order valence-electron chi connectivity index (χ3n) is 4.67. The normalized spacial score (nSPS) is 12.5. The van der Waals surface area contributed by atoms with Crippen LogP contribution in [0.5, 0.6) is 5.75 Å². The van der Waals surface area contributed by atoms with Gasteiger partial charge in [0.25, 0.3) is 0 Å². The molecule has 3 aromatic rings. The highest BCUT2D eigenvalue weighted by Gasteiger charge is 2.11. The number of fused-ring (bicyclic) bond motifs is 1. The van der Waals surface area contributed by atoms with E-state index >= 15 is 0 Å². The van der Waals surface area contributed by atoms with Crippen molar-refractivity contribution in [3.8, 4) is 5.75 Å². The van der Waals surface area contributed by atoms with Crippen LogP contribution in [0.4, 0.5) is 5.69 Å². The molecule has 0 saturated heterocycles. The lowest BCUT2D eigenvalue weighted by molar-refractivity contribution is 0.0781. The van der Waals surface area contributed by atoms with E-state index in [0.717, 1.165) is 29.7 Å². The number of nitrogens with one attached hydrogen (secondary N) is 2. The first-order chi connectivity index (χ1) is 13.0. The molecular weight excluding hydrogens is 340 g/mol. The molecule has 0 bridgehead atoms. The van der Waals surface area contributed by atoms with Crippen molar-refractivity contribution in [3.05, 3.63) is 53.7 Å². The van der Waals surface area contributed by atoms with E-state index in [2.05, 4.69) is 52.5 Å². The van der Waals surface area contributed by atoms with Crippen LogP contribution in [0.3, 0.4) is 0 Å². The lowest BCUT2D eigenvalue weighted by atomic mass is 10.1. The van der Waals surface area contributed by atoms with Crippen molar-refractivity contribution < 1.29 is 9.84 Å². The Kier molecular flexibility index (Phi) is 6.32. The Bertz CT molecular complexity index is 857. The molecule has 2 aromatic carbocycles. The quantitative estimate of drug-likeness (QED) is 0.542. The number of hydrogen-bond acceptors (Lipinski definition) is 5. The number of H-pyrrole nitrogens is 1. The fraction of sp³-hybridized carbons (Fsp3) is 0.381. The summed E-state index contributed by atoms with van der Waals surface area (Å²) in [5.74, 6) is 0.736. The molecule has 6 heteroatoms. The fourth-order valence-corrected chi connectivity index (χ4v) is 3.22. The zero-order chi connectivity index (χ0) is 19.2. The van der Waals surface area contributed by atoms with E-state index in [0.29, 0.717) is 6.54 Å². The average Bonchev–Trinajstić information content (AvgIpc) is 3.11. The predicted molar refractivity (Wildman–Crippen MR) is 109 cm³/mol. The van der Waals surface area contributed by atoms with Crippen LogP contribution in [0.15, 0.2) is 42.6 Å². The van der Waals surface area contributed by atoms with Crippen molar-refractivity contribution in [2.24, 2.45) is 0 Å². The summed E-state index contributed by atoms with van der Waals surface area (Å²) < 4.78 is 5.79. The van der Waals surface area contributed by atoms with Crippen molar-refractivity contribution >= 4 is 16.6 Å². The average molecular weight is 368 g/mol. The molecule has 0 aliphatic heterocycles. The Morgan fingerprint density at radius 2 is 1.93 bits per heavy atom. The zero-order valence-electron chi connectivity index (χ0n) is 16.2. The number of aryl methyl sites for hydroxylation is 2. The molecule has 0 saturated carbocycles. The summed E-state index contributed by atoms with van der Waals surface area (Å²) in [6.07, 6.45) is 1.18. The number of aromatic amines is 1. The standard InChI is InChI=1S/C21H28N4O2/c1-15-6-4-7-16(2)21(15)22-10-11-25(3)13-17(26)14-27-20-9-5-8-19-18(20)12-23-24-19/h4-9,12,17,22,26H,10-11,13-14H2,1-3H3,(H,23,24). The van der Waals surface area contributed by atoms with Gasteiger partial charge in [0.2, 0.25) is 0 Å². The maximum atomic E-state index is 10.3. The summed E-state index contributed by atoms with van der Waals surface area (Å²) in [5.41, 5.74) is 4.62. The molecule has 0 spiro atoms. The number of ether oxygens (including phenoxy) is 1. The summed E-state index contributed by atoms with van der Waals surface area (Å²) in [4.78, 5) is 2.10. The van der Waals surface area contributed by atoms with Crippen molar-refractivity contribution in [2.75, 3.05) is 38.6 Å². The second-order valence-electron chi connectivity index (χ2n) is 7.01. The van der Waals surface area contributed by atoms with E-state index in [1.54, 1.807) is 6.20 Å². The number of likely N-dealkylation sites (N-methyl/N-ethyl adjacent to an activating group) is 1. The van der Waals surface area contributed by atoms with Gasteiger partial charge in [-0.15, -0.1) is 0 Å². The molecule has 1 aromatic heterocycles. The molecule has 6 nitrogen and oxygen atoms in total. The van der Waals surface area contributed by atoms with Crippen LogP contribution in [0.25, 0.3) is 10.9 Å². The van der Waals surface area contributed by atoms with Gasteiger partial charge in [-0.2, -0.15) is 5.10 Å². The van der Waals surface area contributed by atoms with Gasteiger partial charge < -0.3 is 20.1 Å². The summed E-state index contributed by atoms with van der Waals surface area (Å²) in [7, 11) is 2.01. The van der Waals surface area contributed by atoms with E-state index in [1.807, 2.05) is 25.2 Å². The van der Waals surface area contributed by atoms with Gasteiger partial charge >= 0.3 is 0 Å². The van der Waals surface area contributed by atoms with Gasteiger partial charge in [-0.25, -0.2) is 0 Å². The van der Waals surface area contributed by atoms with Crippen LogP contribution in [0, 0.1) is 13.8 Å². The largest absolute Gasteiger partial charge is 0.490 e. The van der Waals surface area contributed by atoms with E-state index in [1.165, 1.54) is 16.8 Å². The number of benzene rings is 2. The van der Waals surface area contributed by atoms with Crippen molar-refractivity contribution in [1.29, 1.82) is 0 Å². The number of anilines is 1. The number of rotatable bonds is 9. The molecule has 0 aliphatic carbocycles. The second-order valence-corrected chi connectivity index (χ2v) is 7.01. The number of aliphatic hydroxyl groups excluding tert-OH is 1. The van der Waals surface area contributed by atoms with Gasteiger partial charge in [0.15, 0.2) is 0 Å². The minimum atomic E-state index is -0.558. The number of hydrogen-bond donors (Lipinski definition) is 3. The lowest BCUT2D eigenvalue weighted by Gasteiger charge is -2.22. The second kappa shape index (κ2) is 8.88. The van der Waals surface area contributed by atoms with Crippen LogP contribution >= 0.6 is 0 Å². The van der Waals surface area contributed by atoms with E-state index in [9.17, 15) is 5.11 Å². The maximum Gasteiger partial charge on any atom is 0.130 e. The van der Waals surface area contributed by atoms with E-state index in [4.69, 9.17) is 4.74 Å². The van der Waals surface area contributed by atoms with Crippen molar-refractivity contribution in [1.82, 2.24) is 15.1 Å². The minimum absolute atomic E-state index is 0.249. The molecule has 3 N–H and O–H groups in total. The Morgan fingerprint density at radius 1 is 1.19 bits per heavy atom. The predicted octanol–water partition coefficient (Wildman–Crippen LogP) is 2.96. The molecule has 3 rings (SSSR count). The first-order valence-electron chi connectivity index (χ1n) is 9.26.